The number of aromatic nitrogens is 2. The first-order valence-electron chi connectivity index (χ1n) is 8.56. The van der Waals surface area contributed by atoms with Crippen LogP contribution < -0.4 is 9.47 Å². The molecule has 5 heteroatoms. The van der Waals surface area contributed by atoms with Crippen molar-refractivity contribution >= 4 is 17.0 Å². The van der Waals surface area contributed by atoms with Crippen LogP contribution in [0.3, 0.4) is 0 Å². The number of hydrogen-bond donors (Lipinski definition) is 1. The van der Waals surface area contributed by atoms with Crippen molar-refractivity contribution < 1.29 is 14.3 Å². The van der Waals surface area contributed by atoms with Gasteiger partial charge in [-0.15, -0.1) is 0 Å². The minimum atomic E-state index is -0.430. The second kappa shape index (κ2) is 6.96. The largest absolute Gasteiger partial charge is 0.493 e. The summed E-state index contributed by atoms with van der Waals surface area (Å²) >= 11 is 0. The van der Waals surface area contributed by atoms with Crippen molar-refractivity contribution in [3.8, 4) is 22.9 Å². The van der Waals surface area contributed by atoms with Crippen LogP contribution in [0.4, 0.5) is 0 Å². The number of rotatable bonds is 4. The van der Waals surface area contributed by atoms with E-state index >= 15 is 0 Å². The Morgan fingerprint density at radius 3 is 2.56 bits per heavy atom. The topological polar surface area (TPSA) is 64.2 Å². The van der Waals surface area contributed by atoms with Gasteiger partial charge in [-0.25, -0.2) is 9.78 Å². The lowest BCUT2D eigenvalue weighted by Crippen LogP contribution is -2.09. The minimum Gasteiger partial charge on any atom is -0.493 e. The fraction of sp³-hybridized carbons (Fsp3) is 0.0909. The molecule has 1 aromatic heterocycles. The van der Waals surface area contributed by atoms with E-state index in [2.05, 4.69) is 16.0 Å². The van der Waals surface area contributed by atoms with Crippen molar-refractivity contribution in [2.45, 2.75) is 6.92 Å². The average molecular weight is 358 g/mol. The van der Waals surface area contributed by atoms with E-state index in [-0.39, 0.29) is 0 Å². The number of methoxy groups -OCH3 is 1. The predicted octanol–water partition coefficient (Wildman–Crippen LogP) is 4.77. The van der Waals surface area contributed by atoms with E-state index in [0.29, 0.717) is 17.1 Å². The lowest BCUT2D eigenvalue weighted by molar-refractivity contribution is 0.0730. The zero-order valence-corrected chi connectivity index (χ0v) is 15.0. The predicted molar refractivity (Wildman–Crippen MR) is 104 cm³/mol. The highest BCUT2D eigenvalue weighted by atomic mass is 16.6. The molecule has 4 aromatic rings. The quantitative estimate of drug-likeness (QED) is 0.422. The maximum Gasteiger partial charge on any atom is 0.343 e. The van der Waals surface area contributed by atoms with Gasteiger partial charge in [-0.1, -0.05) is 24.3 Å². The molecule has 0 fully saturated rings. The summed E-state index contributed by atoms with van der Waals surface area (Å²) in [4.78, 5) is 20.2. The van der Waals surface area contributed by atoms with E-state index in [9.17, 15) is 4.79 Å². The third-order valence-electron chi connectivity index (χ3n) is 4.29. The molecule has 0 aliphatic carbocycles. The van der Waals surface area contributed by atoms with E-state index in [1.807, 2.05) is 31.2 Å². The second-order valence-corrected chi connectivity index (χ2v) is 6.23. The van der Waals surface area contributed by atoms with Gasteiger partial charge in [0.2, 0.25) is 0 Å². The Balaban J connectivity index is 1.65. The van der Waals surface area contributed by atoms with Gasteiger partial charge in [-0.3, -0.25) is 0 Å². The van der Waals surface area contributed by atoms with Crippen LogP contribution >= 0.6 is 0 Å². The molecule has 27 heavy (non-hydrogen) atoms. The average Bonchev–Trinajstić information content (AvgIpc) is 3.12. The smallest absolute Gasteiger partial charge is 0.343 e. The summed E-state index contributed by atoms with van der Waals surface area (Å²) in [5, 5.41) is 0. The third-order valence-corrected chi connectivity index (χ3v) is 4.29. The van der Waals surface area contributed by atoms with Gasteiger partial charge in [0.15, 0.2) is 11.5 Å². The molecule has 0 saturated heterocycles. The van der Waals surface area contributed by atoms with Gasteiger partial charge in [-0.2, -0.15) is 0 Å². The fourth-order valence-electron chi connectivity index (χ4n) is 2.89. The maximum absolute atomic E-state index is 12.3. The molecule has 0 bridgehead atoms. The molecule has 3 aromatic carbocycles. The summed E-state index contributed by atoms with van der Waals surface area (Å²) in [6.45, 7) is 2.04. The summed E-state index contributed by atoms with van der Waals surface area (Å²) < 4.78 is 10.9. The molecule has 5 nitrogen and oxygen atoms in total. The van der Waals surface area contributed by atoms with Crippen LogP contribution in [0.15, 0.2) is 66.7 Å². The first kappa shape index (κ1) is 16.8. The van der Waals surface area contributed by atoms with E-state index in [4.69, 9.17) is 9.47 Å². The van der Waals surface area contributed by atoms with Gasteiger partial charge in [0.25, 0.3) is 0 Å². The number of fused-ring (bicyclic) bond motifs is 1. The molecule has 0 saturated carbocycles. The standard InChI is InChI=1S/C22H18N2O3/c1-14-8-10-17-18(12-14)24-21(23-17)16-9-11-19(20(13-16)26-2)27-22(25)15-6-4-3-5-7-15/h3-13H,1-2H3,(H,23,24). The number of imidazole rings is 1. The van der Waals surface area contributed by atoms with Crippen molar-refractivity contribution in [1.82, 2.24) is 9.97 Å². The van der Waals surface area contributed by atoms with Gasteiger partial charge in [0.1, 0.15) is 5.82 Å². The van der Waals surface area contributed by atoms with Crippen molar-refractivity contribution in [3.05, 3.63) is 77.9 Å². The van der Waals surface area contributed by atoms with Crippen LogP contribution in [0, 0.1) is 6.92 Å². The zero-order chi connectivity index (χ0) is 18.8. The van der Waals surface area contributed by atoms with Crippen LogP contribution in [-0.4, -0.2) is 23.0 Å². The number of carbonyl (C=O) groups excluding carboxylic acids is 1. The molecule has 1 N–H and O–H groups in total. The SMILES string of the molecule is COc1cc(-c2nc3ccc(C)cc3[nH]2)ccc1OC(=O)c1ccccc1. The maximum atomic E-state index is 12.3. The molecule has 1 heterocycles. The van der Waals surface area contributed by atoms with Crippen LogP contribution in [0.2, 0.25) is 0 Å². The lowest BCUT2D eigenvalue weighted by Gasteiger charge is -2.10. The number of nitrogens with zero attached hydrogens (tertiary/aromatic N) is 1. The van der Waals surface area contributed by atoms with Gasteiger partial charge >= 0.3 is 5.97 Å². The van der Waals surface area contributed by atoms with E-state index < -0.39 is 5.97 Å². The molecule has 0 amide bonds. The lowest BCUT2D eigenvalue weighted by atomic mass is 10.2. The highest BCUT2D eigenvalue weighted by Gasteiger charge is 2.14. The van der Waals surface area contributed by atoms with Gasteiger partial charge in [0, 0.05) is 5.56 Å². The number of aryl methyl sites for hydroxylation is 1. The molecule has 0 atom stereocenters. The third kappa shape index (κ3) is 3.40. The van der Waals surface area contributed by atoms with E-state index in [1.54, 1.807) is 43.5 Å². The minimum absolute atomic E-state index is 0.363. The highest BCUT2D eigenvalue weighted by Crippen LogP contribution is 2.33. The summed E-state index contributed by atoms with van der Waals surface area (Å²) in [6, 6.07) is 20.3. The Kier molecular flexibility index (Phi) is 4.34. The molecule has 134 valence electrons. The Bertz CT molecular complexity index is 1120. The van der Waals surface area contributed by atoms with Crippen LogP contribution in [0.25, 0.3) is 22.4 Å². The first-order chi connectivity index (χ1) is 13.1. The molecule has 0 aliphatic heterocycles. The Hall–Kier alpha value is -3.60. The second-order valence-electron chi connectivity index (χ2n) is 6.23. The number of aromatic amines is 1. The molecule has 4 rings (SSSR count). The highest BCUT2D eigenvalue weighted by molar-refractivity contribution is 5.91. The van der Waals surface area contributed by atoms with Crippen molar-refractivity contribution in [3.63, 3.8) is 0 Å². The number of H-pyrrole nitrogens is 1. The first-order valence-corrected chi connectivity index (χ1v) is 8.56. The molecule has 0 spiro atoms. The van der Waals surface area contributed by atoms with Gasteiger partial charge in [-0.05, 0) is 55.0 Å². The van der Waals surface area contributed by atoms with Crippen molar-refractivity contribution in [2.24, 2.45) is 0 Å². The number of hydrogen-bond acceptors (Lipinski definition) is 4. The summed E-state index contributed by atoms with van der Waals surface area (Å²) in [7, 11) is 1.54. The molecule has 0 radical (unpaired) electrons. The summed E-state index contributed by atoms with van der Waals surface area (Å²) in [5.41, 5.74) is 4.37. The van der Waals surface area contributed by atoms with Crippen LogP contribution in [-0.2, 0) is 0 Å². The number of benzene rings is 3. The fourth-order valence-corrected chi connectivity index (χ4v) is 2.89. The molecular formula is C22H18N2O3. The Labute approximate surface area is 156 Å². The van der Waals surface area contributed by atoms with Crippen LogP contribution in [0.1, 0.15) is 15.9 Å². The van der Waals surface area contributed by atoms with Gasteiger partial charge in [0.05, 0.1) is 23.7 Å². The van der Waals surface area contributed by atoms with Crippen molar-refractivity contribution in [2.75, 3.05) is 7.11 Å². The molecule has 0 unspecified atom stereocenters. The molecular weight excluding hydrogens is 340 g/mol. The normalized spacial score (nSPS) is 10.7. The number of ether oxygens (including phenoxy) is 2. The molecule has 0 aliphatic rings. The van der Waals surface area contributed by atoms with Crippen molar-refractivity contribution in [1.29, 1.82) is 0 Å². The monoisotopic (exact) mass is 358 g/mol. The summed E-state index contributed by atoms with van der Waals surface area (Å²) in [6.07, 6.45) is 0. The number of carbonyl (C=O) groups is 1. The number of esters is 1. The van der Waals surface area contributed by atoms with E-state index in [1.165, 1.54) is 5.56 Å². The van der Waals surface area contributed by atoms with E-state index in [0.717, 1.165) is 22.4 Å². The Morgan fingerprint density at radius 1 is 0.963 bits per heavy atom. The summed E-state index contributed by atoms with van der Waals surface area (Å²) in [5.74, 6) is 1.13. The van der Waals surface area contributed by atoms with Crippen LogP contribution in [0.5, 0.6) is 11.5 Å². The Morgan fingerprint density at radius 2 is 1.78 bits per heavy atom. The number of nitrogens with one attached hydrogen (secondary N) is 1. The zero-order valence-electron chi connectivity index (χ0n) is 15.0. The van der Waals surface area contributed by atoms with Gasteiger partial charge < -0.3 is 14.5 Å².